The Hall–Kier alpha value is -1.26. The molecule has 1 fully saturated rings. The number of hydrogen-bond acceptors (Lipinski definition) is 2. The lowest BCUT2D eigenvalue weighted by molar-refractivity contribution is 0.0726. The smallest absolute Gasteiger partial charge is 0.255 e. The van der Waals surface area contributed by atoms with Gasteiger partial charge in [-0.3, -0.25) is 4.79 Å². The van der Waals surface area contributed by atoms with E-state index in [9.17, 15) is 4.79 Å². The SMILES string of the molecule is CC1CCCCN1CCCN(Cc1ccc(Cl)cc1)C(=O)c1ccc(Cl)cc1Cl. The molecule has 6 heteroatoms. The van der Waals surface area contributed by atoms with Crippen LogP contribution in [0.3, 0.4) is 0 Å². The van der Waals surface area contributed by atoms with E-state index in [1.165, 1.54) is 19.3 Å². The zero-order valence-electron chi connectivity index (χ0n) is 16.7. The van der Waals surface area contributed by atoms with Gasteiger partial charge in [0.2, 0.25) is 0 Å². The number of halogens is 3. The molecule has 0 radical (unpaired) electrons. The molecule has 1 atom stereocenters. The van der Waals surface area contributed by atoms with Crippen LogP contribution in [-0.4, -0.2) is 41.4 Å². The molecule has 1 amide bonds. The molecule has 0 aliphatic carbocycles. The maximum Gasteiger partial charge on any atom is 0.255 e. The minimum atomic E-state index is -0.0756. The second-order valence-electron chi connectivity index (χ2n) is 7.71. The van der Waals surface area contributed by atoms with E-state index in [4.69, 9.17) is 34.8 Å². The Morgan fingerprint density at radius 1 is 1.07 bits per heavy atom. The molecule has 29 heavy (non-hydrogen) atoms. The van der Waals surface area contributed by atoms with Crippen LogP contribution in [-0.2, 0) is 6.54 Å². The van der Waals surface area contributed by atoms with Crippen LogP contribution in [0.25, 0.3) is 0 Å². The molecule has 0 N–H and O–H groups in total. The molecule has 0 bridgehead atoms. The summed E-state index contributed by atoms with van der Waals surface area (Å²) in [4.78, 5) is 17.7. The molecule has 3 rings (SSSR count). The van der Waals surface area contributed by atoms with Gasteiger partial charge in [0.15, 0.2) is 0 Å². The summed E-state index contributed by atoms with van der Waals surface area (Å²) in [5.41, 5.74) is 1.52. The van der Waals surface area contributed by atoms with E-state index >= 15 is 0 Å². The quantitative estimate of drug-likeness (QED) is 0.474. The van der Waals surface area contributed by atoms with E-state index in [1.807, 2.05) is 29.2 Å². The van der Waals surface area contributed by atoms with Gasteiger partial charge >= 0.3 is 0 Å². The number of nitrogens with zero attached hydrogens (tertiary/aromatic N) is 2. The maximum absolute atomic E-state index is 13.3. The lowest BCUT2D eigenvalue weighted by Gasteiger charge is -2.34. The fourth-order valence-corrected chi connectivity index (χ4v) is 4.47. The molecule has 0 aromatic heterocycles. The van der Waals surface area contributed by atoms with Gasteiger partial charge in [-0.1, -0.05) is 53.4 Å². The van der Waals surface area contributed by atoms with Gasteiger partial charge in [0.1, 0.15) is 0 Å². The van der Waals surface area contributed by atoms with Gasteiger partial charge in [0.25, 0.3) is 5.91 Å². The molecule has 3 nitrogen and oxygen atoms in total. The summed E-state index contributed by atoms with van der Waals surface area (Å²) in [5, 5.41) is 1.59. The largest absolute Gasteiger partial charge is 0.334 e. The fraction of sp³-hybridized carbons (Fsp3) is 0.435. The lowest BCUT2D eigenvalue weighted by atomic mass is 10.0. The van der Waals surface area contributed by atoms with Gasteiger partial charge in [-0.15, -0.1) is 0 Å². The number of piperidine rings is 1. The summed E-state index contributed by atoms with van der Waals surface area (Å²) in [5.74, 6) is -0.0756. The minimum absolute atomic E-state index is 0.0756. The van der Waals surface area contributed by atoms with Gasteiger partial charge in [0, 0.05) is 35.7 Å². The highest BCUT2D eigenvalue weighted by Gasteiger charge is 2.21. The molecule has 1 aliphatic rings. The first-order chi connectivity index (χ1) is 13.9. The summed E-state index contributed by atoms with van der Waals surface area (Å²) in [7, 11) is 0. The Bertz CT molecular complexity index is 825. The Morgan fingerprint density at radius 3 is 2.48 bits per heavy atom. The molecule has 0 spiro atoms. The van der Waals surface area contributed by atoms with Gasteiger partial charge in [-0.25, -0.2) is 0 Å². The average molecular weight is 454 g/mol. The molecule has 2 aromatic carbocycles. The topological polar surface area (TPSA) is 23.6 Å². The first-order valence-electron chi connectivity index (χ1n) is 10.2. The number of rotatable bonds is 7. The molecule has 1 saturated heterocycles. The van der Waals surface area contributed by atoms with E-state index < -0.39 is 0 Å². The second kappa shape index (κ2) is 10.7. The van der Waals surface area contributed by atoms with Gasteiger partial charge in [-0.05, 0) is 68.6 Å². The minimum Gasteiger partial charge on any atom is -0.334 e. The zero-order valence-corrected chi connectivity index (χ0v) is 19.0. The third kappa shape index (κ3) is 6.36. The van der Waals surface area contributed by atoms with Crippen molar-refractivity contribution in [3.8, 4) is 0 Å². The van der Waals surface area contributed by atoms with E-state index in [0.717, 1.165) is 25.1 Å². The van der Waals surface area contributed by atoms with Crippen LogP contribution in [0, 0.1) is 0 Å². The lowest BCUT2D eigenvalue weighted by Crippen LogP contribution is -2.40. The second-order valence-corrected chi connectivity index (χ2v) is 8.99. The highest BCUT2D eigenvalue weighted by Crippen LogP contribution is 2.24. The van der Waals surface area contributed by atoms with Crippen molar-refractivity contribution in [1.82, 2.24) is 9.80 Å². The molecule has 1 unspecified atom stereocenters. The Labute approximate surface area is 188 Å². The normalized spacial score (nSPS) is 17.3. The van der Waals surface area contributed by atoms with E-state index in [0.29, 0.717) is 39.8 Å². The van der Waals surface area contributed by atoms with Crippen LogP contribution in [0.15, 0.2) is 42.5 Å². The summed E-state index contributed by atoms with van der Waals surface area (Å²) >= 11 is 18.3. The first kappa shape index (κ1) is 22.4. The van der Waals surface area contributed by atoms with E-state index in [-0.39, 0.29) is 5.91 Å². The average Bonchev–Trinajstić information content (AvgIpc) is 2.70. The molecule has 1 heterocycles. The fourth-order valence-electron chi connectivity index (χ4n) is 3.85. The van der Waals surface area contributed by atoms with Crippen LogP contribution in [0.2, 0.25) is 15.1 Å². The number of benzene rings is 2. The monoisotopic (exact) mass is 452 g/mol. The summed E-state index contributed by atoms with van der Waals surface area (Å²) < 4.78 is 0. The summed E-state index contributed by atoms with van der Waals surface area (Å²) in [6, 6.07) is 13.3. The Kier molecular flexibility index (Phi) is 8.25. The van der Waals surface area contributed by atoms with Crippen molar-refractivity contribution in [2.45, 2.75) is 45.2 Å². The van der Waals surface area contributed by atoms with E-state index in [2.05, 4.69) is 11.8 Å². The van der Waals surface area contributed by atoms with Crippen LogP contribution in [0.1, 0.15) is 48.5 Å². The summed E-state index contributed by atoms with van der Waals surface area (Å²) in [6.07, 6.45) is 4.76. The van der Waals surface area contributed by atoms with Crippen molar-refractivity contribution in [3.63, 3.8) is 0 Å². The van der Waals surface area contributed by atoms with Crippen molar-refractivity contribution in [1.29, 1.82) is 0 Å². The summed E-state index contributed by atoms with van der Waals surface area (Å²) in [6.45, 7) is 5.63. The molecular weight excluding hydrogens is 427 g/mol. The predicted octanol–water partition coefficient (Wildman–Crippen LogP) is 6.55. The van der Waals surface area contributed by atoms with Gasteiger partial charge in [-0.2, -0.15) is 0 Å². The van der Waals surface area contributed by atoms with Gasteiger partial charge < -0.3 is 9.80 Å². The number of hydrogen-bond donors (Lipinski definition) is 0. The molecular formula is C23H27Cl3N2O. The highest BCUT2D eigenvalue weighted by atomic mass is 35.5. The van der Waals surface area contributed by atoms with Crippen LogP contribution in [0.4, 0.5) is 0 Å². The van der Waals surface area contributed by atoms with Crippen molar-refractivity contribution >= 4 is 40.7 Å². The maximum atomic E-state index is 13.3. The van der Waals surface area contributed by atoms with Crippen LogP contribution >= 0.6 is 34.8 Å². The zero-order chi connectivity index (χ0) is 20.8. The Morgan fingerprint density at radius 2 is 1.79 bits per heavy atom. The Balaban J connectivity index is 1.71. The van der Waals surface area contributed by atoms with Crippen molar-refractivity contribution in [3.05, 3.63) is 68.7 Å². The first-order valence-corrected chi connectivity index (χ1v) is 11.3. The molecule has 2 aromatic rings. The van der Waals surface area contributed by atoms with Crippen molar-refractivity contribution in [2.24, 2.45) is 0 Å². The number of likely N-dealkylation sites (tertiary alicyclic amines) is 1. The van der Waals surface area contributed by atoms with Crippen LogP contribution in [0.5, 0.6) is 0 Å². The standard InChI is InChI=1S/C23H27Cl3N2O/c1-17-5-2-3-12-27(17)13-4-14-28(16-18-6-8-19(24)9-7-18)23(29)21-11-10-20(25)15-22(21)26/h6-11,15,17H,2-5,12-14,16H2,1H3. The highest BCUT2D eigenvalue weighted by molar-refractivity contribution is 6.36. The number of carbonyl (C=O) groups is 1. The van der Waals surface area contributed by atoms with E-state index in [1.54, 1.807) is 18.2 Å². The molecule has 156 valence electrons. The number of carbonyl (C=O) groups excluding carboxylic acids is 1. The predicted molar refractivity (Wildman–Crippen MR) is 122 cm³/mol. The van der Waals surface area contributed by atoms with Crippen molar-refractivity contribution < 1.29 is 4.79 Å². The van der Waals surface area contributed by atoms with Gasteiger partial charge in [0.05, 0.1) is 10.6 Å². The third-order valence-corrected chi connectivity index (χ3v) is 6.35. The third-order valence-electron chi connectivity index (χ3n) is 5.55. The van der Waals surface area contributed by atoms with Crippen LogP contribution < -0.4 is 0 Å². The molecule has 0 saturated carbocycles. The van der Waals surface area contributed by atoms with Crippen molar-refractivity contribution in [2.75, 3.05) is 19.6 Å². The number of amides is 1. The molecule has 1 aliphatic heterocycles.